The molecular formula is C13H25ClN2O. The molecule has 1 amide bonds. The highest BCUT2D eigenvalue weighted by atomic mass is 35.5. The number of rotatable bonds is 6. The number of carbonyl (C=O) groups is 1. The lowest BCUT2D eigenvalue weighted by Crippen LogP contribution is -2.37. The summed E-state index contributed by atoms with van der Waals surface area (Å²) in [5, 5.41) is 6.27. The third kappa shape index (κ3) is 6.27. The molecule has 2 saturated carbocycles. The van der Waals surface area contributed by atoms with Crippen LogP contribution in [0.1, 0.15) is 44.9 Å². The predicted octanol–water partition coefficient (Wildman–Crippen LogP) is 2.10. The van der Waals surface area contributed by atoms with Gasteiger partial charge in [0, 0.05) is 6.54 Å². The van der Waals surface area contributed by atoms with E-state index in [0.29, 0.717) is 6.54 Å². The van der Waals surface area contributed by atoms with Crippen molar-refractivity contribution in [2.75, 3.05) is 19.6 Å². The van der Waals surface area contributed by atoms with Gasteiger partial charge in [-0.15, -0.1) is 12.4 Å². The first-order valence-corrected chi connectivity index (χ1v) is 6.82. The van der Waals surface area contributed by atoms with E-state index < -0.39 is 0 Å². The summed E-state index contributed by atoms with van der Waals surface area (Å²) in [5.74, 6) is 1.76. The molecule has 17 heavy (non-hydrogen) atoms. The maximum absolute atomic E-state index is 11.5. The van der Waals surface area contributed by atoms with Crippen LogP contribution in [-0.2, 0) is 4.79 Å². The third-order valence-corrected chi connectivity index (χ3v) is 3.73. The maximum Gasteiger partial charge on any atom is 0.233 e. The Labute approximate surface area is 111 Å². The fraction of sp³-hybridized carbons (Fsp3) is 0.923. The van der Waals surface area contributed by atoms with Crippen molar-refractivity contribution in [1.29, 1.82) is 0 Å². The lowest BCUT2D eigenvalue weighted by atomic mass is 9.89. The predicted molar refractivity (Wildman–Crippen MR) is 72.4 cm³/mol. The first-order valence-electron chi connectivity index (χ1n) is 6.82. The smallest absolute Gasteiger partial charge is 0.233 e. The number of nitrogens with one attached hydrogen (secondary N) is 2. The number of hydrogen-bond donors (Lipinski definition) is 2. The summed E-state index contributed by atoms with van der Waals surface area (Å²) in [5.41, 5.74) is 0. The van der Waals surface area contributed by atoms with E-state index in [-0.39, 0.29) is 18.3 Å². The van der Waals surface area contributed by atoms with E-state index in [1.54, 1.807) is 0 Å². The molecule has 2 fully saturated rings. The zero-order valence-corrected chi connectivity index (χ0v) is 11.4. The molecule has 0 spiro atoms. The molecule has 0 aliphatic heterocycles. The molecule has 0 atom stereocenters. The lowest BCUT2D eigenvalue weighted by molar-refractivity contribution is -0.120. The van der Waals surface area contributed by atoms with Gasteiger partial charge in [-0.3, -0.25) is 4.79 Å². The van der Waals surface area contributed by atoms with E-state index >= 15 is 0 Å². The molecule has 0 radical (unpaired) electrons. The van der Waals surface area contributed by atoms with Gasteiger partial charge in [-0.1, -0.05) is 19.3 Å². The quantitative estimate of drug-likeness (QED) is 0.768. The minimum absolute atomic E-state index is 0. The van der Waals surface area contributed by atoms with Crippen LogP contribution in [0.5, 0.6) is 0 Å². The van der Waals surface area contributed by atoms with Crippen LogP contribution in [0.2, 0.25) is 0 Å². The zero-order valence-electron chi connectivity index (χ0n) is 10.5. The van der Waals surface area contributed by atoms with Crippen LogP contribution >= 0.6 is 12.4 Å². The maximum atomic E-state index is 11.5. The Kier molecular flexibility index (Phi) is 6.90. The minimum atomic E-state index is 0. The number of halogens is 1. The molecule has 0 bridgehead atoms. The van der Waals surface area contributed by atoms with Gasteiger partial charge in [0.2, 0.25) is 5.91 Å². The van der Waals surface area contributed by atoms with Crippen LogP contribution < -0.4 is 10.6 Å². The first kappa shape index (κ1) is 14.8. The monoisotopic (exact) mass is 260 g/mol. The van der Waals surface area contributed by atoms with E-state index in [9.17, 15) is 4.79 Å². The van der Waals surface area contributed by atoms with Gasteiger partial charge in [0.15, 0.2) is 0 Å². The average molecular weight is 261 g/mol. The topological polar surface area (TPSA) is 41.1 Å². The zero-order chi connectivity index (χ0) is 11.2. The van der Waals surface area contributed by atoms with Crippen molar-refractivity contribution < 1.29 is 4.79 Å². The van der Waals surface area contributed by atoms with Crippen LogP contribution in [0.15, 0.2) is 0 Å². The van der Waals surface area contributed by atoms with Gasteiger partial charge < -0.3 is 10.6 Å². The summed E-state index contributed by atoms with van der Waals surface area (Å²) in [6.45, 7) is 2.42. The summed E-state index contributed by atoms with van der Waals surface area (Å²) in [6.07, 6.45) is 9.37. The second kappa shape index (κ2) is 7.93. The Hall–Kier alpha value is -0.280. The van der Waals surface area contributed by atoms with Crippen molar-refractivity contribution in [2.24, 2.45) is 11.8 Å². The number of hydrogen-bond acceptors (Lipinski definition) is 2. The van der Waals surface area contributed by atoms with Gasteiger partial charge in [-0.2, -0.15) is 0 Å². The highest BCUT2D eigenvalue weighted by Gasteiger charge is 2.20. The molecule has 2 aliphatic carbocycles. The van der Waals surface area contributed by atoms with Gasteiger partial charge in [0.25, 0.3) is 0 Å². The van der Waals surface area contributed by atoms with Gasteiger partial charge in [-0.25, -0.2) is 0 Å². The molecular weight excluding hydrogens is 236 g/mol. The van der Waals surface area contributed by atoms with Crippen molar-refractivity contribution in [3.63, 3.8) is 0 Å². The summed E-state index contributed by atoms with van der Waals surface area (Å²) in [7, 11) is 0. The fourth-order valence-electron chi connectivity index (χ4n) is 2.42. The molecule has 0 aromatic heterocycles. The molecule has 0 aromatic carbocycles. The highest BCUT2D eigenvalue weighted by Crippen LogP contribution is 2.27. The highest BCUT2D eigenvalue weighted by molar-refractivity contribution is 5.85. The van der Waals surface area contributed by atoms with Gasteiger partial charge in [0.05, 0.1) is 6.54 Å². The SMILES string of the molecule is Cl.O=C(CNCC1CC1)NCC1CCCCC1. The molecule has 4 heteroatoms. The normalized spacial score (nSPS) is 20.7. The van der Waals surface area contributed by atoms with Crippen molar-refractivity contribution in [3.05, 3.63) is 0 Å². The Morgan fingerprint density at radius 3 is 2.24 bits per heavy atom. The summed E-state index contributed by atoms with van der Waals surface area (Å²) < 4.78 is 0. The third-order valence-electron chi connectivity index (χ3n) is 3.73. The summed E-state index contributed by atoms with van der Waals surface area (Å²) >= 11 is 0. The Bertz CT molecular complexity index is 225. The van der Waals surface area contributed by atoms with E-state index in [1.807, 2.05) is 0 Å². The van der Waals surface area contributed by atoms with E-state index in [4.69, 9.17) is 0 Å². The molecule has 0 saturated heterocycles. The van der Waals surface area contributed by atoms with Crippen LogP contribution in [0.25, 0.3) is 0 Å². The van der Waals surface area contributed by atoms with Crippen LogP contribution in [-0.4, -0.2) is 25.5 Å². The van der Waals surface area contributed by atoms with Gasteiger partial charge in [0.1, 0.15) is 0 Å². The molecule has 0 heterocycles. The van der Waals surface area contributed by atoms with Crippen molar-refractivity contribution in [3.8, 4) is 0 Å². The summed E-state index contributed by atoms with van der Waals surface area (Å²) in [6, 6.07) is 0. The van der Waals surface area contributed by atoms with E-state index in [2.05, 4.69) is 10.6 Å². The molecule has 100 valence electrons. The molecule has 2 N–H and O–H groups in total. The largest absolute Gasteiger partial charge is 0.355 e. The Balaban J connectivity index is 0.00000144. The van der Waals surface area contributed by atoms with E-state index in [1.165, 1.54) is 44.9 Å². The Morgan fingerprint density at radius 2 is 1.59 bits per heavy atom. The number of carbonyl (C=O) groups excluding carboxylic acids is 1. The second-order valence-electron chi connectivity index (χ2n) is 5.38. The standard InChI is InChI=1S/C13H24N2O.ClH/c16-13(10-14-8-12-6-7-12)15-9-11-4-2-1-3-5-11;/h11-12,14H,1-10H2,(H,15,16);1H. The fourth-order valence-corrected chi connectivity index (χ4v) is 2.42. The first-order chi connectivity index (χ1) is 7.84. The molecule has 2 aliphatic rings. The molecule has 0 unspecified atom stereocenters. The average Bonchev–Trinajstić information content (AvgIpc) is 3.12. The molecule has 2 rings (SSSR count). The van der Waals surface area contributed by atoms with Crippen molar-refractivity contribution >= 4 is 18.3 Å². The second-order valence-corrected chi connectivity index (χ2v) is 5.38. The lowest BCUT2D eigenvalue weighted by Gasteiger charge is -2.21. The van der Waals surface area contributed by atoms with Gasteiger partial charge >= 0.3 is 0 Å². The molecule has 0 aromatic rings. The van der Waals surface area contributed by atoms with Crippen LogP contribution in [0, 0.1) is 11.8 Å². The van der Waals surface area contributed by atoms with Gasteiger partial charge in [-0.05, 0) is 44.1 Å². The molecule has 3 nitrogen and oxygen atoms in total. The van der Waals surface area contributed by atoms with Crippen molar-refractivity contribution in [2.45, 2.75) is 44.9 Å². The van der Waals surface area contributed by atoms with Crippen molar-refractivity contribution in [1.82, 2.24) is 10.6 Å². The minimum Gasteiger partial charge on any atom is -0.355 e. The van der Waals surface area contributed by atoms with E-state index in [0.717, 1.165) is 24.9 Å². The van der Waals surface area contributed by atoms with Crippen LogP contribution in [0.3, 0.4) is 0 Å². The Morgan fingerprint density at radius 1 is 0.941 bits per heavy atom. The number of amides is 1. The van der Waals surface area contributed by atoms with Crippen LogP contribution in [0.4, 0.5) is 0 Å². The summed E-state index contributed by atoms with van der Waals surface area (Å²) in [4.78, 5) is 11.5.